The molecule has 3 aromatic rings. The highest BCUT2D eigenvalue weighted by Crippen LogP contribution is 2.32. The summed E-state index contributed by atoms with van der Waals surface area (Å²) in [5.41, 5.74) is 2.29. The predicted molar refractivity (Wildman–Crippen MR) is 123 cm³/mol. The molecule has 0 fully saturated rings. The van der Waals surface area contributed by atoms with Crippen LogP contribution in [0.15, 0.2) is 63.2 Å². The number of nitrogens with zero attached hydrogens (tertiary/aromatic N) is 3. The quantitative estimate of drug-likeness (QED) is 0.311. The van der Waals surface area contributed by atoms with Crippen LogP contribution in [0.4, 0.5) is 5.69 Å². The van der Waals surface area contributed by atoms with Crippen LogP contribution in [-0.4, -0.2) is 31.5 Å². The lowest BCUT2D eigenvalue weighted by molar-refractivity contribution is -0.113. The van der Waals surface area contributed by atoms with Crippen LogP contribution < -0.4 is 5.32 Å². The highest BCUT2D eigenvalue weighted by molar-refractivity contribution is 9.10. The van der Waals surface area contributed by atoms with Gasteiger partial charge in [-0.15, -0.1) is 16.8 Å². The molecule has 0 radical (unpaired) electrons. The maximum Gasteiger partial charge on any atom is 0.234 e. The molecule has 0 aliphatic rings. The number of aromatic nitrogens is 3. The third-order valence-electron chi connectivity index (χ3n) is 4.02. The van der Waals surface area contributed by atoms with Gasteiger partial charge < -0.3 is 10.4 Å². The minimum absolute atomic E-state index is 0.103. The molecule has 2 aromatic carbocycles. The number of nitrogens with one attached hydrogen (secondary N) is 1. The van der Waals surface area contributed by atoms with Crippen molar-refractivity contribution in [3.63, 3.8) is 0 Å². The van der Waals surface area contributed by atoms with Crippen molar-refractivity contribution in [2.75, 3.05) is 11.1 Å². The summed E-state index contributed by atoms with van der Waals surface area (Å²) in [6, 6.07) is 10.8. The van der Waals surface area contributed by atoms with Crippen LogP contribution in [0.25, 0.3) is 11.4 Å². The fourth-order valence-electron chi connectivity index (χ4n) is 2.66. The van der Waals surface area contributed by atoms with Crippen molar-refractivity contribution in [3.8, 4) is 17.1 Å². The molecule has 1 heterocycles. The third-order valence-corrected chi connectivity index (χ3v) is 5.98. The minimum atomic E-state index is -0.138. The molecule has 0 bridgehead atoms. The summed E-state index contributed by atoms with van der Waals surface area (Å²) in [6.45, 7) is 6.16. The van der Waals surface area contributed by atoms with Crippen LogP contribution in [0.1, 0.15) is 5.56 Å². The number of hydrogen-bond acceptors (Lipinski definition) is 5. The minimum Gasteiger partial charge on any atom is -0.507 e. The van der Waals surface area contributed by atoms with E-state index in [2.05, 4.69) is 54.0 Å². The Morgan fingerprint density at radius 1 is 1.24 bits per heavy atom. The number of amides is 1. The SMILES string of the molecule is C=CCn1c(SCC(=O)Nc2ccc(Br)cc2C)nnc1-c1cc(Br)ccc1O. The number of thioether (sulfide) groups is 1. The molecule has 0 spiro atoms. The first-order valence-electron chi connectivity index (χ1n) is 8.61. The monoisotopic (exact) mass is 536 g/mol. The summed E-state index contributed by atoms with van der Waals surface area (Å²) in [5, 5.41) is 22.1. The van der Waals surface area contributed by atoms with E-state index >= 15 is 0 Å². The lowest BCUT2D eigenvalue weighted by atomic mass is 10.2. The summed E-state index contributed by atoms with van der Waals surface area (Å²) in [7, 11) is 0. The fourth-order valence-corrected chi connectivity index (χ4v) is 4.24. The number of phenolic OH excluding ortho intramolecular Hbond substituents is 1. The van der Waals surface area contributed by atoms with Gasteiger partial charge in [0.05, 0.1) is 11.3 Å². The standard InChI is InChI=1S/C20H18Br2N4O2S/c1-3-8-26-19(15-10-14(22)5-7-17(15)27)24-25-20(26)29-11-18(28)23-16-6-4-13(21)9-12(16)2/h3-7,9-10,27H,1,8,11H2,2H3,(H,23,28). The van der Waals surface area contributed by atoms with Gasteiger partial charge in [-0.2, -0.15) is 0 Å². The molecule has 9 heteroatoms. The maximum absolute atomic E-state index is 12.4. The van der Waals surface area contributed by atoms with Gasteiger partial charge >= 0.3 is 0 Å². The number of hydrogen-bond donors (Lipinski definition) is 2. The first-order valence-corrected chi connectivity index (χ1v) is 11.2. The van der Waals surface area contributed by atoms with Gasteiger partial charge in [0.2, 0.25) is 5.91 Å². The van der Waals surface area contributed by atoms with Crippen LogP contribution >= 0.6 is 43.6 Å². The second-order valence-electron chi connectivity index (χ2n) is 6.16. The second kappa shape index (κ2) is 9.60. The number of halogens is 2. The zero-order valence-corrected chi connectivity index (χ0v) is 19.5. The van der Waals surface area contributed by atoms with E-state index in [4.69, 9.17) is 0 Å². The number of anilines is 1. The van der Waals surface area contributed by atoms with Crippen molar-refractivity contribution in [1.82, 2.24) is 14.8 Å². The van der Waals surface area contributed by atoms with Gasteiger partial charge in [-0.25, -0.2) is 0 Å². The fraction of sp³-hybridized carbons (Fsp3) is 0.150. The molecule has 0 aliphatic carbocycles. The van der Waals surface area contributed by atoms with Crippen molar-refractivity contribution in [2.45, 2.75) is 18.6 Å². The highest BCUT2D eigenvalue weighted by atomic mass is 79.9. The van der Waals surface area contributed by atoms with Crippen LogP contribution in [0.5, 0.6) is 5.75 Å². The lowest BCUT2D eigenvalue weighted by Gasteiger charge is -2.10. The van der Waals surface area contributed by atoms with Crippen molar-refractivity contribution >= 4 is 55.2 Å². The molecule has 29 heavy (non-hydrogen) atoms. The average Bonchev–Trinajstić information content (AvgIpc) is 3.07. The van der Waals surface area contributed by atoms with Crippen LogP contribution in [0.2, 0.25) is 0 Å². The average molecular weight is 538 g/mol. The van der Waals surface area contributed by atoms with Gasteiger partial charge in [-0.1, -0.05) is 49.7 Å². The smallest absolute Gasteiger partial charge is 0.234 e. The predicted octanol–water partition coefficient (Wildman–Crippen LogP) is 5.40. The van der Waals surface area contributed by atoms with Gasteiger partial charge in [0.25, 0.3) is 0 Å². The summed E-state index contributed by atoms with van der Waals surface area (Å²) >= 11 is 8.10. The Hall–Kier alpha value is -2.10. The number of benzene rings is 2. The van der Waals surface area contributed by atoms with E-state index in [0.717, 1.165) is 20.2 Å². The largest absolute Gasteiger partial charge is 0.507 e. The highest BCUT2D eigenvalue weighted by Gasteiger charge is 2.18. The van der Waals surface area contributed by atoms with Gasteiger partial charge in [0.15, 0.2) is 11.0 Å². The van der Waals surface area contributed by atoms with Crippen molar-refractivity contribution < 1.29 is 9.90 Å². The molecule has 1 amide bonds. The van der Waals surface area contributed by atoms with E-state index in [9.17, 15) is 9.90 Å². The van der Waals surface area contributed by atoms with Crippen molar-refractivity contribution in [1.29, 1.82) is 0 Å². The first kappa shape index (κ1) is 21.6. The molecular formula is C20H18Br2N4O2S. The number of aromatic hydroxyl groups is 1. The van der Waals surface area contributed by atoms with E-state index < -0.39 is 0 Å². The van der Waals surface area contributed by atoms with Gasteiger partial charge in [0.1, 0.15) is 5.75 Å². The Kier molecular flexibility index (Phi) is 7.15. The first-order chi connectivity index (χ1) is 13.9. The summed E-state index contributed by atoms with van der Waals surface area (Å²) in [5.74, 6) is 0.650. The van der Waals surface area contributed by atoms with Crippen LogP contribution in [0, 0.1) is 6.92 Å². The van der Waals surface area contributed by atoms with Gasteiger partial charge in [0, 0.05) is 21.2 Å². The number of phenols is 1. The third kappa shape index (κ3) is 5.29. The molecule has 0 saturated heterocycles. The molecular weight excluding hydrogens is 520 g/mol. The molecule has 0 saturated carbocycles. The van der Waals surface area contributed by atoms with Crippen LogP contribution in [-0.2, 0) is 11.3 Å². The Morgan fingerprint density at radius 2 is 1.97 bits per heavy atom. The van der Waals surface area contributed by atoms with E-state index in [1.165, 1.54) is 11.8 Å². The number of carbonyl (C=O) groups excluding carboxylic acids is 1. The normalized spacial score (nSPS) is 10.7. The Morgan fingerprint density at radius 3 is 2.69 bits per heavy atom. The maximum atomic E-state index is 12.4. The van der Waals surface area contributed by atoms with Crippen molar-refractivity contribution in [3.05, 3.63) is 63.6 Å². The number of rotatable bonds is 7. The zero-order valence-electron chi connectivity index (χ0n) is 15.5. The van der Waals surface area contributed by atoms with Crippen molar-refractivity contribution in [2.24, 2.45) is 0 Å². The Labute approximate surface area is 189 Å². The van der Waals surface area contributed by atoms with E-state index in [-0.39, 0.29) is 17.4 Å². The summed E-state index contributed by atoms with van der Waals surface area (Å²) in [4.78, 5) is 12.4. The molecule has 3 rings (SSSR count). The molecule has 0 aliphatic heterocycles. The Balaban J connectivity index is 1.77. The lowest BCUT2D eigenvalue weighted by Crippen LogP contribution is -2.15. The molecule has 0 atom stereocenters. The molecule has 1 aromatic heterocycles. The van der Waals surface area contributed by atoms with E-state index in [1.54, 1.807) is 24.3 Å². The van der Waals surface area contributed by atoms with Gasteiger partial charge in [-0.3, -0.25) is 9.36 Å². The molecule has 0 unspecified atom stereocenters. The summed E-state index contributed by atoms with van der Waals surface area (Å²) in [6.07, 6.45) is 1.72. The molecule has 6 nitrogen and oxygen atoms in total. The number of aryl methyl sites for hydroxylation is 1. The zero-order chi connectivity index (χ0) is 21.0. The topological polar surface area (TPSA) is 80.0 Å². The van der Waals surface area contributed by atoms with E-state index in [0.29, 0.717) is 23.1 Å². The van der Waals surface area contributed by atoms with Crippen LogP contribution in [0.3, 0.4) is 0 Å². The molecule has 150 valence electrons. The molecule has 2 N–H and O–H groups in total. The number of allylic oxidation sites excluding steroid dienone is 1. The Bertz CT molecular complexity index is 1070. The van der Waals surface area contributed by atoms with E-state index in [1.807, 2.05) is 29.7 Å². The summed E-state index contributed by atoms with van der Waals surface area (Å²) < 4.78 is 3.59. The number of carbonyl (C=O) groups is 1. The van der Waals surface area contributed by atoms with Gasteiger partial charge in [-0.05, 0) is 48.9 Å². The second-order valence-corrected chi connectivity index (χ2v) is 8.94.